The number of ether oxygens (including phenoxy) is 3. The highest BCUT2D eigenvalue weighted by molar-refractivity contribution is 7.13. The van der Waals surface area contributed by atoms with Gasteiger partial charge >= 0.3 is 0 Å². The fraction of sp³-hybridized carbons (Fsp3) is 0.375. The van der Waals surface area contributed by atoms with Crippen LogP contribution in [0, 0.1) is 6.92 Å². The molecule has 7 heteroatoms. The monoisotopic (exact) mass is 336 g/mol. The Labute approximate surface area is 139 Å². The molecule has 0 fully saturated rings. The Hall–Kier alpha value is -2.28. The van der Waals surface area contributed by atoms with E-state index in [0.717, 1.165) is 11.3 Å². The molecule has 0 bridgehead atoms. The highest BCUT2D eigenvalue weighted by atomic mass is 32.1. The van der Waals surface area contributed by atoms with Crippen LogP contribution in [0.1, 0.15) is 17.7 Å². The Morgan fingerprint density at radius 3 is 2.30 bits per heavy atom. The SMILES string of the molecule is COc1cc(CCC(=O)Nc2nc(C)cs2)cc(OC)c1OC. The number of aryl methyl sites for hydroxylation is 2. The lowest BCUT2D eigenvalue weighted by molar-refractivity contribution is -0.116. The van der Waals surface area contributed by atoms with E-state index < -0.39 is 0 Å². The van der Waals surface area contributed by atoms with Crippen molar-refractivity contribution >= 4 is 22.4 Å². The van der Waals surface area contributed by atoms with Gasteiger partial charge in [0.1, 0.15) is 0 Å². The van der Waals surface area contributed by atoms with Crippen molar-refractivity contribution < 1.29 is 19.0 Å². The van der Waals surface area contributed by atoms with Crippen LogP contribution in [0.5, 0.6) is 17.2 Å². The number of hydrogen-bond acceptors (Lipinski definition) is 6. The quantitative estimate of drug-likeness (QED) is 0.841. The smallest absolute Gasteiger partial charge is 0.226 e. The maximum absolute atomic E-state index is 12.0. The van der Waals surface area contributed by atoms with Crippen LogP contribution in [-0.2, 0) is 11.2 Å². The summed E-state index contributed by atoms with van der Waals surface area (Å²) in [6.07, 6.45) is 0.907. The third-order valence-corrected chi connectivity index (χ3v) is 4.11. The minimum atomic E-state index is -0.0758. The van der Waals surface area contributed by atoms with Crippen molar-refractivity contribution in [2.45, 2.75) is 19.8 Å². The summed E-state index contributed by atoms with van der Waals surface area (Å²) >= 11 is 1.42. The third kappa shape index (κ3) is 4.35. The van der Waals surface area contributed by atoms with Gasteiger partial charge < -0.3 is 19.5 Å². The molecule has 1 aromatic heterocycles. The molecule has 1 aromatic carbocycles. The summed E-state index contributed by atoms with van der Waals surface area (Å²) < 4.78 is 15.9. The van der Waals surface area contributed by atoms with E-state index in [1.165, 1.54) is 11.3 Å². The standard InChI is InChI=1S/C16H20N2O4S/c1-10-9-23-16(17-10)18-14(19)6-5-11-7-12(20-2)15(22-4)13(8-11)21-3/h7-9H,5-6H2,1-4H3,(H,17,18,19). The van der Waals surface area contributed by atoms with Gasteiger partial charge in [-0.1, -0.05) is 0 Å². The van der Waals surface area contributed by atoms with Crippen molar-refractivity contribution in [3.05, 3.63) is 28.8 Å². The van der Waals surface area contributed by atoms with Gasteiger partial charge in [0.15, 0.2) is 16.6 Å². The normalized spacial score (nSPS) is 10.3. The van der Waals surface area contributed by atoms with Gasteiger partial charge in [0.25, 0.3) is 0 Å². The average Bonchev–Trinajstić information content (AvgIpc) is 2.96. The Kier molecular flexibility index (Phi) is 5.81. The molecule has 2 rings (SSSR count). The first-order valence-corrected chi connectivity index (χ1v) is 7.96. The second-order valence-corrected chi connectivity index (χ2v) is 5.73. The van der Waals surface area contributed by atoms with Crippen LogP contribution in [-0.4, -0.2) is 32.2 Å². The minimum Gasteiger partial charge on any atom is -0.493 e. The van der Waals surface area contributed by atoms with Gasteiger partial charge in [-0.05, 0) is 31.0 Å². The number of thiazole rings is 1. The fourth-order valence-electron chi connectivity index (χ4n) is 2.13. The van der Waals surface area contributed by atoms with E-state index in [4.69, 9.17) is 14.2 Å². The van der Waals surface area contributed by atoms with Crippen molar-refractivity contribution in [2.75, 3.05) is 26.6 Å². The summed E-state index contributed by atoms with van der Waals surface area (Å²) in [5.41, 5.74) is 1.83. The lowest BCUT2D eigenvalue weighted by Crippen LogP contribution is -2.12. The zero-order valence-corrected chi connectivity index (χ0v) is 14.5. The van der Waals surface area contributed by atoms with Crippen LogP contribution < -0.4 is 19.5 Å². The number of nitrogens with zero attached hydrogens (tertiary/aromatic N) is 1. The number of benzene rings is 1. The number of anilines is 1. The maximum Gasteiger partial charge on any atom is 0.226 e. The van der Waals surface area contributed by atoms with Crippen molar-refractivity contribution in [1.82, 2.24) is 4.98 Å². The summed E-state index contributed by atoms with van der Waals surface area (Å²) in [4.78, 5) is 16.2. The van der Waals surface area contributed by atoms with Gasteiger partial charge in [0.2, 0.25) is 11.7 Å². The number of aromatic nitrogens is 1. The Balaban J connectivity index is 2.03. The summed E-state index contributed by atoms with van der Waals surface area (Å²) in [5, 5.41) is 5.31. The van der Waals surface area contributed by atoms with Crippen molar-refractivity contribution in [2.24, 2.45) is 0 Å². The van der Waals surface area contributed by atoms with Crippen LogP contribution in [0.4, 0.5) is 5.13 Å². The van der Waals surface area contributed by atoms with E-state index in [0.29, 0.717) is 35.2 Å². The molecule has 124 valence electrons. The van der Waals surface area contributed by atoms with Crippen LogP contribution in [0.3, 0.4) is 0 Å². The molecule has 6 nitrogen and oxygen atoms in total. The molecule has 0 aliphatic rings. The molecule has 1 heterocycles. The highest BCUT2D eigenvalue weighted by Gasteiger charge is 2.14. The summed E-state index contributed by atoms with van der Waals surface area (Å²) in [6, 6.07) is 3.70. The van der Waals surface area contributed by atoms with Crippen LogP contribution in [0.25, 0.3) is 0 Å². The van der Waals surface area contributed by atoms with E-state index in [-0.39, 0.29) is 5.91 Å². The summed E-state index contributed by atoms with van der Waals surface area (Å²) in [5.74, 6) is 1.63. The lowest BCUT2D eigenvalue weighted by atomic mass is 10.1. The van der Waals surface area contributed by atoms with Gasteiger partial charge in [0.05, 0.1) is 27.0 Å². The largest absolute Gasteiger partial charge is 0.493 e. The number of methoxy groups -OCH3 is 3. The van der Waals surface area contributed by atoms with E-state index >= 15 is 0 Å². The van der Waals surface area contributed by atoms with E-state index in [2.05, 4.69) is 10.3 Å². The zero-order chi connectivity index (χ0) is 16.8. The fourth-order valence-corrected chi connectivity index (χ4v) is 2.84. The van der Waals surface area contributed by atoms with Gasteiger partial charge in [-0.15, -0.1) is 11.3 Å². The molecule has 0 saturated heterocycles. The van der Waals surface area contributed by atoms with Gasteiger partial charge in [0, 0.05) is 11.8 Å². The zero-order valence-electron chi connectivity index (χ0n) is 13.6. The molecule has 0 saturated carbocycles. The second-order valence-electron chi connectivity index (χ2n) is 4.88. The number of rotatable bonds is 7. The first-order valence-electron chi connectivity index (χ1n) is 7.08. The van der Waals surface area contributed by atoms with E-state index in [1.54, 1.807) is 21.3 Å². The van der Waals surface area contributed by atoms with Crippen molar-refractivity contribution in [3.8, 4) is 17.2 Å². The first kappa shape index (κ1) is 17.1. The Morgan fingerprint density at radius 2 is 1.83 bits per heavy atom. The van der Waals surface area contributed by atoms with Crippen molar-refractivity contribution in [3.63, 3.8) is 0 Å². The molecule has 1 N–H and O–H groups in total. The number of hydrogen-bond donors (Lipinski definition) is 1. The molecule has 0 unspecified atom stereocenters. The second kappa shape index (κ2) is 7.82. The average molecular weight is 336 g/mol. The van der Waals surface area contributed by atoms with Crippen LogP contribution in [0.15, 0.2) is 17.5 Å². The number of amides is 1. The van der Waals surface area contributed by atoms with Crippen LogP contribution in [0.2, 0.25) is 0 Å². The maximum atomic E-state index is 12.0. The summed E-state index contributed by atoms with van der Waals surface area (Å²) in [7, 11) is 4.70. The third-order valence-electron chi connectivity index (χ3n) is 3.23. The van der Waals surface area contributed by atoms with Crippen LogP contribution >= 0.6 is 11.3 Å². The first-order chi connectivity index (χ1) is 11.1. The number of carbonyl (C=O) groups excluding carboxylic acids is 1. The molecule has 0 radical (unpaired) electrons. The molecule has 0 aliphatic heterocycles. The Bertz CT molecular complexity index is 659. The van der Waals surface area contributed by atoms with Gasteiger partial charge in [-0.25, -0.2) is 4.98 Å². The predicted octanol–water partition coefficient (Wildman–Crippen LogP) is 3.05. The lowest BCUT2D eigenvalue weighted by Gasteiger charge is -2.14. The molecule has 2 aromatic rings. The van der Waals surface area contributed by atoms with E-state index in [9.17, 15) is 4.79 Å². The number of carbonyl (C=O) groups is 1. The predicted molar refractivity (Wildman–Crippen MR) is 89.9 cm³/mol. The number of nitrogens with one attached hydrogen (secondary N) is 1. The molecule has 0 aliphatic carbocycles. The molecular formula is C16H20N2O4S. The van der Waals surface area contributed by atoms with Crippen molar-refractivity contribution in [1.29, 1.82) is 0 Å². The molecular weight excluding hydrogens is 316 g/mol. The minimum absolute atomic E-state index is 0.0758. The Morgan fingerprint density at radius 1 is 1.17 bits per heavy atom. The van der Waals surface area contributed by atoms with E-state index in [1.807, 2.05) is 24.4 Å². The van der Waals surface area contributed by atoms with Gasteiger partial charge in [-0.2, -0.15) is 0 Å². The summed E-state index contributed by atoms with van der Waals surface area (Å²) in [6.45, 7) is 1.89. The van der Waals surface area contributed by atoms with Gasteiger partial charge in [-0.3, -0.25) is 4.79 Å². The molecule has 0 atom stereocenters. The molecule has 0 spiro atoms. The highest BCUT2D eigenvalue weighted by Crippen LogP contribution is 2.38. The topological polar surface area (TPSA) is 69.7 Å². The molecule has 1 amide bonds. The molecule has 23 heavy (non-hydrogen) atoms.